The summed E-state index contributed by atoms with van der Waals surface area (Å²) in [6.07, 6.45) is 6.45. The molecule has 0 spiro atoms. The Morgan fingerprint density at radius 1 is 1.50 bits per heavy atom. The molecule has 2 N–H and O–H groups in total. The standard InChI is InChI=1S/C12H22N2O2/c1-3-8-14-12(15)9-16-11-7-5-4-6-10(11)13-2/h3,10-11,13H,1,4-9H2,2H3,(H,14,15). The molecule has 1 saturated carbocycles. The van der Waals surface area contributed by atoms with Crippen LogP contribution in [-0.4, -0.2) is 38.3 Å². The van der Waals surface area contributed by atoms with Crippen molar-refractivity contribution in [3.63, 3.8) is 0 Å². The molecule has 0 heterocycles. The number of hydrogen-bond donors (Lipinski definition) is 2. The maximum atomic E-state index is 11.3. The van der Waals surface area contributed by atoms with Crippen LogP contribution in [0.15, 0.2) is 12.7 Å². The van der Waals surface area contributed by atoms with Crippen LogP contribution in [0.25, 0.3) is 0 Å². The van der Waals surface area contributed by atoms with Gasteiger partial charge in [0.2, 0.25) is 5.91 Å². The molecule has 1 aliphatic carbocycles. The highest BCUT2D eigenvalue weighted by Gasteiger charge is 2.24. The number of carbonyl (C=O) groups excluding carboxylic acids is 1. The molecule has 0 aromatic heterocycles. The molecule has 2 atom stereocenters. The largest absolute Gasteiger partial charge is 0.367 e. The molecule has 16 heavy (non-hydrogen) atoms. The number of ether oxygens (including phenoxy) is 1. The Hall–Kier alpha value is -0.870. The van der Waals surface area contributed by atoms with Gasteiger partial charge in [0.25, 0.3) is 0 Å². The quantitative estimate of drug-likeness (QED) is 0.660. The number of rotatable bonds is 6. The van der Waals surface area contributed by atoms with E-state index in [9.17, 15) is 4.79 Å². The third kappa shape index (κ3) is 4.33. The van der Waals surface area contributed by atoms with E-state index in [0.29, 0.717) is 12.6 Å². The summed E-state index contributed by atoms with van der Waals surface area (Å²) in [6.45, 7) is 4.19. The lowest BCUT2D eigenvalue weighted by Gasteiger charge is -2.30. The molecule has 1 amide bonds. The maximum Gasteiger partial charge on any atom is 0.246 e. The Morgan fingerprint density at radius 2 is 2.25 bits per heavy atom. The minimum Gasteiger partial charge on any atom is -0.367 e. The van der Waals surface area contributed by atoms with Gasteiger partial charge in [-0.05, 0) is 19.9 Å². The minimum absolute atomic E-state index is 0.0691. The normalized spacial score (nSPS) is 25.1. The monoisotopic (exact) mass is 226 g/mol. The number of nitrogens with one attached hydrogen (secondary N) is 2. The van der Waals surface area contributed by atoms with E-state index in [1.807, 2.05) is 7.05 Å². The van der Waals surface area contributed by atoms with E-state index in [-0.39, 0.29) is 18.6 Å². The van der Waals surface area contributed by atoms with Crippen molar-refractivity contribution in [2.24, 2.45) is 0 Å². The van der Waals surface area contributed by atoms with E-state index in [0.717, 1.165) is 12.8 Å². The zero-order valence-corrected chi connectivity index (χ0v) is 10.00. The second kappa shape index (κ2) is 7.41. The Bertz CT molecular complexity index is 231. The summed E-state index contributed by atoms with van der Waals surface area (Å²) in [5, 5.41) is 5.95. The lowest BCUT2D eigenvalue weighted by Crippen LogP contribution is -2.43. The fourth-order valence-corrected chi connectivity index (χ4v) is 2.05. The molecule has 1 aliphatic rings. The van der Waals surface area contributed by atoms with Crippen LogP contribution in [0.1, 0.15) is 25.7 Å². The van der Waals surface area contributed by atoms with Crippen LogP contribution < -0.4 is 10.6 Å². The fraction of sp³-hybridized carbons (Fsp3) is 0.750. The molecule has 4 nitrogen and oxygen atoms in total. The predicted octanol–water partition coefficient (Wildman–Crippen LogP) is 0.836. The van der Waals surface area contributed by atoms with Crippen molar-refractivity contribution >= 4 is 5.91 Å². The second-order valence-electron chi connectivity index (χ2n) is 4.12. The van der Waals surface area contributed by atoms with Crippen LogP contribution in [0, 0.1) is 0 Å². The molecular formula is C12H22N2O2. The predicted molar refractivity (Wildman–Crippen MR) is 64.3 cm³/mol. The smallest absolute Gasteiger partial charge is 0.246 e. The summed E-state index contributed by atoms with van der Waals surface area (Å²) in [5.74, 6) is -0.0691. The first-order valence-corrected chi connectivity index (χ1v) is 5.94. The number of amides is 1. The zero-order chi connectivity index (χ0) is 11.8. The van der Waals surface area contributed by atoms with Crippen LogP contribution in [0.3, 0.4) is 0 Å². The van der Waals surface area contributed by atoms with E-state index in [4.69, 9.17) is 4.74 Å². The van der Waals surface area contributed by atoms with Gasteiger partial charge >= 0.3 is 0 Å². The summed E-state index contributed by atoms with van der Waals surface area (Å²) in [7, 11) is 1.95. The van der Waals surface area contributed by atoms with Crippen LogP contribution in [0.2, 0.25) is 0 Å². The van der Waals surface area contributed by atoms with Gasteiger partial charge < -0.3 is 15.4 Å². The van der Waals surface area contributed by atoms with Gasteiger partial charge in [-0.2, -0.15) is 0 Å². The average molecular weight is 226 g/mol. The molecule has 2 unspecified atom stereocenters. The van der Waals surface area contributed by atoms with E-state index >= 15 is 0 Å². The van der Waals surface area contributed by atoms with E-state index < -0.39 is 0 Å². The fourth-order valence-electron chi connectivity index (χ4n) is 2.05. The highest BCUT2D eigenvalue weighted by atomic mass is 16.5. The van der Waals surface area contributed by atoms with Gasteiger partial charge in [-0.25, -0.2) is 0 Å². The van der Waals surface area contributed by atoms with Crippen molar-refractivity contribution < 1.29 is 9.53 Å². The molecule has 92 valence electrons. The SMILES string of the molecule is C=CCNC(=O)COC1CCCCC1NC. The van der Waals surface area contributed by atoms with Crippen LogP contribution in [-0.2, 0) is 9.53 Å². The number of likely N-dealkylation sites (N-methyl/N-ethyl adjacent to an activating group) is 1. The highest BCUT2D eigenvalue weighted by Crippen LogP contribution is 2.20. The summed E-state index contributed by atoms with van der Waals surface area (Å²) in [5.41, 5.74) is 0. The van der Waals surface area contributed by atoms with Crippen LogP contribution in [0.5, 0.6) is 0 Å². The minimum atomic E-state index is -0.0691. The van der Waals surface area contributed by atoms with Crippen molar-refractivity contribution in [1.29, 1.82) is 0 Å². The Kier molecular flexibility index (Phi) is 6.11. The number of hydrogen-bond acceptors (Lipinski definition) is 3. The van der Waals surface area contributed by atoms with Crippen molar-refractivity contribution in [3.05, 3.63) is 12.7 Å². The summed E-state index contributed by atoms with van der Waals surface area (Å²) in [4.78, 5) is 11.3. The van der Waals surface area contributed by atoms with Gasteiger partial charge in [-0.15, -0.1) is 6.58 Å². The molecule has 0 aliphatic heterocycles. The molecule has 1 rings (SSSR count). The second-order valence-corrected chi connectivity index (χ2v) is 4.12. The molecule has 1 fully saturated rings. The third-order valence-corrected chi connectivity index (χ3v) is 2.95. The topological polar surface area (TPSA) is 50.4 Å². The molecule has 0 aromatic carbocycles. The van der Waals surface area contributed by atoms with Gasteiger partial charge in [-0.3, -0.25) is 4.79 Å². The first kappa shape index (κ1) is 13.2. The van der Waals surface area contributed by atoms with Crippen molar-refractivity contribution in [2.75, 3.05) is 20.2 Å². The Balaban J connectivity index is 2.24. The molecule has 0 aromatic rings. The molecule has 0 bridgehead atoms. The lowest BCUT2D eigenvalue weighted by atomic mass is 9.92. The first-order chi connectivity index (χ1) is 7.77. The first-order valence-electron chi connectivity index (χ1n) is 5.94. The van der Waals surface area contributed by atoms with Gasteiger partial charge in [0.1, 0.15) is 6.61 Å². The van der Waals surface area contributed by atoms with Crippen LogP contribution in [0.4, 0.5) is 0 Å². The van der Waals surface area contributed by atoms with E-state index in [1.54, 1.807) is 6.08 Å². The van der Waals surface area contributed by atoms with E-state index in [2.05, 4.69) is 17.2 Å². The number of carbonyl (C=O) groups is 1. The molecule has 0 saturated heterocycles. The van der Waals surface area contributed by atoms with E-state index in [1.165, 1.54) is 12.8 Å². The van der Waals surface area contributed by atoms with Crippen molar-refractivity contribution in [2.45, 2.75) is 37.8 Å². The zero-order valence-electron chi connectivity index (χ0n) is 10.00. The highest BCUT2D eigenvalue weighted by molar-refractivity contribution is 5.77. The van der Waals surface area contributed by atoms with Gasteiger partial charge in [0.05, 0.1) is 6.10 Å². The summed E-state index contributed by atoms with van der Waals surface area (Å²) in [6, 6.07) is 0.390. The van der Waals surface area contributed by atoms with Gasteiger partial charge in [-0.1, -0.05) is 18.9 Å². The van der Waals surface area contributed by atoms with Gasteiger partial charge in [0, 0.05) is 12.6 Å². The summed E-state index contributed by atoms with van der Waals surface area (Å²) < 4.78 is 5.64. The van der Waals surface area contributed by atoms with Crippen LogP contribution >= 0.6 is 0 Å². The molecule has 4 heteroatoms. The lowest BCUT2D eigenvalue weighted by molar-refractivity contribution is -0.128. The Morgan fingerprint density at radius 3 is 2.94 bits per heavy atom. The maximum absolute atomic E-state index is 11.3. The van der Waals surface area contributed by atoms with Gasteiger partial charge in [0.15, 0.2) is 0 Å². The Labute approximate surface area is 97.4 Å². The molecule has 0 radical (unpaired) electrons. The summed E-state index contributed by atoms with van der Waals surface area (Å²) >= 11 is 0. The van der Waals surface area contributed by atoms with Crippen molar-refractivity contribution in [1.82, 2.24) is 10.6 Å². The third-order valence-electron chi connectivity index (χ3n) is 2.95. The average Bonchev–Trinajstić information content (AvgIpc) is 2.34. The van der Waals surface area contributed by atoms with Crippen molar-refractivity contribution in [3.8, 4) is 0 Å². The molecular weight excluding hydrogens is 204 g/mol.